The lowest BCUT2D eigenvalue weighted by Gasteiger charge is -2.30. The van der Waals surface area contributed by atoms with Gasteiger partial charge in [-0.3, -0.25) is 9.20 Å². The Morgan fingerprint density at radius 3 is 2.77 bits per heavy atom. The molecule has 1 aliphatic heterocycles. The van der Waals surface area contributed by atoms with Gasteiger partial charge in [0.25, 0.3) is 5.56 Å². The topological polar surface area (TPSA) is 93.2 Å². The van der Waals surface area contributed by atoms with Crippen LogP contribution in [0.25, 0.3) is 16.9 Å². The first-order chi connectivity index (χ1) is 16.9. The first kappa shape index (κ1) is 22.7. The number of fused-ring (bicyclic) bond motifs is 1. The van der Waals surface area contributed by atoms with E-state index < -0.39 is 11.6 Å². The zero-order valence-corrected chi connectivity index (χ0v) is 19.1. The average molecular weight is 473 g/mol. The van der Waals surface area contributed by atoms with Crippen molar-refractivity contribution >= 4 is 5.65 Å². The number of halogens is 2. The van der Waals surface area contributed by atoms with Crippen LogP contribution in [-0.4, -0.2) is 26.0 Å². The number of nitrogens with zero attached hydrogens (tertiary/aromatic N) is 5. The van der Waals surface area contributed by atoms with Gasteiger partial charge in [0.2, 0.25) is 0 Å². The summed E-state index contributed by atoms with van der Waals surface area (Å²) in [6.45, 7) is 3.85. The summed E-state index contributed by atoms with van der Waals surface area (Å²) in [6, 6.07) is 8.79. The molecule has 3 aromatic heterocycles. The zero-order chi connectivity index (χ0) is 24.7. The molecule has 4 heterocycles. The molecule has 1 aromatic carbocycles. The van der Waals surface area contributed by atoms with E-state index in [0.717, 1.165) is 17.7 Å². The Hall–Kier alpha value is -4.03. The molecule has 1 aliphatic rings. The highest BCUT2D eigenvalue weighted by Gasteiger charge is 2.28. The van der Waals surface area contributed by atoms with Gasteiger partial charge in [0, 0.05) is 47.8 Å². The van der Waals surface area contributed by atoms with E-state index in [1.165, 1.54) is 10.5 Å². The number of hydrogen-bond donors (Lipinski definition) is 0. The highest BCUT2D eigenvalue weighted by Crippen LogP contribution is 2.38. The molecule has 9 heteroatoms. The maximum atomic E-state index is 14.8. The molecule has 0 N–H and O–H groups in total. The molecule has 35 heavy (non-hydrogen) atoms. The Kier molecular flexibility index (Phi) is 5.83. The zero-order valence-electron chi connectivity index (χ0n) is 19.1. The third-order valence-corrected chi connectivity index (χ3v) is 6.46. The number of hydrogen-bond acceptors (Lipinski definition) is 6. The normalized spacial score (nSPS) is 17.9. The molecule has 1 fully saturated rings. The van der Waals surface area contributed by atoms with E-state index in [9.17, 15) is 18.8 Å². The monoisotopic (exact) mass is 473 g/mol. The number of aryl methyl sites for hydroxylation is 1. The third kappa shape index (κ3) is 4.17. The number of pyridine rings is 1. The summed E-state index contributed by atoms with van der Waals surface area (Å²) in [7, 11) is 0. The Morgan fingerprint density at radius 1 is 1.17 bits per heavy atom. The fourth-order valence-corrected chi connectivity index (χ4v) is 4.42. The summed E-state index contributed by atoms with van der Waals surface area (Å²) in [6.07, 6.45) is 4.13. The van der Waals surface area contributed by atoms with Crippen molar-refractivity contribution in [2.75, 3.05) is 6.61 Å². The quantitative estimate of drug-likeness (QED) is 0.433. The van der Waals surface area contributed by atoms with Gasteiger partial charge in [-0.25, -0.2) is 23.7 Å². The first-order valence-electron chi connectivity index (χ1n) is 11.2. The Morgan fingerprint density at radius 2 is 2.00 bits per heavy atom. The standard InChI is InChI=1S/C26H21F2N5O2/c1-14-15(2)31-25-24(20-4-3-18(27)11-21(20)28)32-22(13-33(25)26(14)34)16-6-8-35-23(10-16)17-5-7-30-19(9-17)12-29/h3-5,7,9,11,13,16,23H,6,8,10H2,1-2H3/t16-,23+/m0/s1. The molecular weight excluding hydrogens is 452 g/mol. The summed E-state index contributed by atoms with van der Waals surface area (Å²) in [5.74, 6) is -1.59. The summed E-state index contributed by atoms with van der Waals surface area (Å²) in [5.41, 5.74) is 2.91. The second kappa shape index (κ2) is 8.96. The van der Waals surface area contributed by atoms with Gasteiger partial charge in [-0.1, -0.05) is 0 Å². The van der Waals surface area contributed by atoms with Crippen LogP contribution in [0.15, 0.2) is 47.5 Å². The van der Waals surface area contributed by atoms with Gasteiger partial charge in [0.15, 0.2) is 5.65 Å². The highest BCUT2D eigenvalue weighted by atomic mass is 19.1. The van der Waals surface area contributed by atoms with Crippen molar-refractivity contribution in [2.24, 2.45) is 0 Å². The van der Waals surface area contributed by atoms with E-state index in [4.69, 9.17) is 9.72 Å². The van der Waals surface area contributed by atoms with Crippen LogP contribution in [0.5, 0.6) is 0 Å². The molecule has 0 amide bonds. The predicted octanol–water partition coefficient (Wildman–Crippen LogP) is 4.55. The maximum absolute atomic E-state index is 14.8. The number of rotatable bonds is 3. The van der Waals surface area contributed by atoms with Crippen molar-refractivity contribution in [2.45, 2.75) is 38.7 Å². The molecule has 0 radical (unpaired) electrons. The van der Waals surface area contributed by atoms with Gasteiger partial charge < -0.3 is 4.74 Å². The van der Waals surface area contributed by atoms with Gasteiger partial charge in [0.05, 0.1) is 11.8 Å². The lowest BCUT2D eigenvalue weighted by atomic mass is 9.89. The third-order valence-electron chi connectivity index (χ3n) is 6.46. The van der Waals surface area contributed by atoms with Gasteiger partial charge in [0.1, 0.15) is 29.1 Å². The van der Waals surface area contributed by atoms with E-state index >= 15 is 0 Å². The summed E-state index contributed by atoms with van der Waals surface area (Å²) in [5, 5.41) is 9.18. The smallest absolute Gasteiger partial charge is 0.261 e. The van der Waals surface area contributed by atoms with Crippen molar-refractivity contribution in [3.8, 4) is 17.3 Å². The number of nitriles is 1. The predicted molar refractivity (Wildman–Crippen MR) is 124 cm³/mol. The van der Waals surface area contributed by atoms with E-state index in [1.807, 2.05) is 12.1 Å². The number of ether oxygens (including phenoxy) is 1. The van der Waals surface area contributed by atoms with Crippen LogP contribution in [0.1, 0.15) is 53.1 Å². The van der Waals surface area contributed by atoms with Crippen LogP contribution < -0.4 is 5.56 Å². The molecule has 0 saturated carbocycles. The highest BCUT2D eigenvalue weighted by molar-refractivity contribution is 5.74. The van der Waals surface area contributed by atoms with E-state index in [-0.39, 0.29) is 34.5 Å². The molecule has 0 unspecified atom stereocenters. The Labute approximate surface area is 199 Å². The van der Waals surface area contributed by atoms with E-state index in [0.29, 0.717) is 42.1 Å². The SMILES string of the molecule is Cc1nc2c(-c3ccc(F)cc3F)nc([C@H]3CCO[C@@H](c4ccnc(C#N)c4)C3)cn2c(=O)c1C. The van der Waals surface area contributed by atoms with Crippen LogP contribution in [0.2, 0.25) is 0 Å². The van der Waals surface area contributed by atoms with Crippen LogP contribution in [0.3, 0.4) is 0 Å². The van der Waals surface area contributed by atoms with Crippen molar-refractivity contribution in [3.63, 3.8) is 0 Å². The lowest BCUT2D eigenvalue weighted by Crippen LogP contribution is -2.24. The maximum Gasteiger partial charge on any atom is 0.261 e. The molecule has 2 atom stereocenters. The van der Waals surface area contributed by atoms with Crippen molar-refractivity contribution in [3.05, 3.63) is 92.9 Å². The molecular formula is C26H21F2N5O2. The number of aromatic nitrogens is 4. The largest absolute Gasteiger partial charge is 0.373 e. The van der Waals surface area contributed by atoms with Gasteiger partial charge in [-0.2, -0.15) is 5.26 Å². The van der Waals surface area contributed by atoms with E-state index in [2.05, 4.69) is 9.97 Å². The summed E-state index contributed by atoms with van der Waals surface area (Å²) in [4.78, 5) is 26.4. The van der Waals surface area contributed by atoms with Gasteiger partial charge in [-0.05, 0) is 56.5 Å². The van der Waals surface area contributed by atoms with Crippen molar-refractivity contribution in [1.29, 1.82) is 5.26 Å². The molecule has 4 aromatic rings. The van der Waals surface area contributed by atoms with Gasteiger partial charge >= 0.3 is 0 Å². The first-order valence-corrected chi connectivity index (χ1v) is 11.2. The van der Waals surface area contributed by atoms with Gasteiger partial charge in [-0.15, -0.1) is 0 Å². The molecule has 7 nitrogen and oxygen atoms in total. The molecule has 1 saturated heterocycles. The minimum Gasteiger partial charge on any atom is -0.373 e. The van der Waals surface area contributed by atoms with Crippen molar-refractivity contribution in [1.82, 2.24) is 19.4 Å². The van der Waals surface area contributed by atoms with Crippen LogP contribution in [-0.2, 0) is 4.74 Å². The molecule has 0 aliphatic carbocycles. The minimum atomic E-state index is -0.783. The molecule has 0 bridgehead atoms. The van der Waals surface area contributed by atoms with Crippen LogP contribution >= 0.6 is 0 Å². The lowest BCUT2D eigenvalue weighted by molar-refractivity contribution is 0.00453. The average Bonchev–Trinajstić information content (AvgIpc) is 2.87. The van der Waals surface area contributed by atoms with E-state index in [1.54, 1.807) is 32.3 Å². The Bertz CT molecular complexity index is 1560. The summed E-state index contributed by atoms with van der Waals surface area (Å²) >= 11 is 0. The summed E-state index contributed by atoms with van der Waals surface area (Å²) < 4.78 is 35.8. The fraction of sp³-hybridized carbons (Fsp3) is 0.269. The molecule has 0 spiro atoms. The van der Waals surface area contributed by atoms with Crippen LogP contribution in [0.4, 0.5) is 8.78 Å². The van der Waals surface area contributed by atoms with Crippen LogP contribution in [0, 0.1) is 36.8 Å². The fourth-order valence-electron chi connectivity index (χ4n) is 4.42. The second-order valence-corrected chi connectivity index (χ2v) is 8.63. The Balaban J connectivity index is 1.65. The van der Waals surface area contributed by atoms with Crippen molar-refractivity contribution < 1.29 is 13.5 Å². The minimum absolute atomic E-state index is 0.0670. The molecule has 5 rings (SSSR count). The number of benzene rings is 1. The molecule has 176 valence electrons. The second-order valence-electron chi connectivity index (χ2n) is 8.63.